The molecule has 2 atom stereocenters. The highest BCUT2D eigenvalue weighted by molar-refractivity contribution is 5.96. The largest absolute Gasteiger partial charge is 0.466 e. The number of carbonyl (C=O) groups excluding carboxylic acids is 2. The van der Waals surface area contributed by atoms with Crippen molar-refractivity contribution in [1.29, 1.82) is 0 Å². The number of esters is 1. The molecule has 0 aliphatic carbocycles. The molecule has 2 rings (SSSR count). The summed E-state index contributed by atoms with van der Waals surface area (Å²) in [5, 5.41) is 9.38. The van der Waals surface area contributed by atoms with Crippen LogP contribution in [-0.2, 0) is 26.9 Å². The van der Waals surface area contributed by atoms with Crippen LogP contribution < -0.4 is 0 Å². The number of carbonyl (C=O) groups is 3. The lowest BCUT2D eigenvalue weighted by atomic mass is 9.84. The Labute approximate surface area is 164 Å². The molecule has 1 N–H and O–H groups in total. The van der Waals surface area contributed by atoms with Gasteiger partial charge in [-0.1, -0.05) is 6.07 Å². The molecule has 0 aromatic heterocycles. The zero-order chi connectivity index (χ0) is 21.8. The van der Waals surface area contributed by atoms with Gasteiger partial charge in [-0.25, -0.2) is 9.18 Å². The molecule has 0 radical (unpaired) electrons. The van der Waals surface area contributed by atoms with Gasteiger partial charge in [-0.2, -0.15) is 13.2 Å². The summed E-state index contributed by atoms with van der Waals surface area (Å²) in [4.78, 5) is 36.4. The van der Waals surface area contributed by atoms with Crippen LogP contribution in [0.2, 0.25) is 0 Å². The van der Waals surface area contributed by atoms with Crippen LogP contribution in [0.5, 0.6) is 0 Å². The van der Waals surface area contributed by atoms with Crippen molar-refractivity contribution in [3.63, 3.8) is 0 Å². The Bertz CT molecular complexity index is 780. The third kappa shape index (κ3) is 5.91. The fourth-order valence-electron chi connectivity index (χ4n) is 3.47. The van der Waals surface area contributed by atoms with E-state index >= 15 is 0 Å². The lowest BCUT2D eigenvalue weighted by molar-refractivity contribution is -0.147. The number of piperidine rings is 1. The molecule has 1 aliphatic rings. The molecule has 6 nitrogen and oxygen atoms in total. The SMILES string of the molecule is CCOC(=O)CC(=O)[C@@H]1CCN(C(=O)O)[C@@H](Cc2ccc(C(F)(F)F)c(F)c2)C1. The summed E-state index contributed by atoms with van der Waals surface area (Å²) >= 11 is 0. The van der Waals surface area contributed by atoms with Crippen molar-refractivity contribution in [1.82, 2.24) is 4.90 Å². The first-order chi connectivity index (χ1) is 13.5. The highest BCUT2D eigenvalue weighted by atomic mass is 19.4. The fraction of sp³-hybridized carbons (Fsp3) is 0.526. The van der Waals surface area contributed by atoms with Crippen molar-refractivity contribution in [2.45, 2.75) is 44.8 Å². The van der Waals surface area contributed by atoms with E-state index in [2.05, 4.69) is 0 Å². The van der Waals surface area contributed by atoms with E-state index in [1.54, 1.807) is 6.92 Å². The predicted octanol–water partition coefficient (Wildman–Crippen LogP) is 3.67. The van der Waals surface area contributed by atoms with Crippen LogP contribution in [0.4, 0.5) is 22.4 Å². The van der Waals surface area contributed by atoms with E-state index in [0.717, 1.165) is 17.0 Å². The number of nitrogens with zero attached hydrogens (tertiary/aromatic N) is 1. The summed E-state index contributed by atoms with van der Waals surface area (Å²) in [5.41, 5.74) is -1.22. The maximum atomic E-state index is 13.8. The summed E-state index contributed by atoms with van der Waals surface area (Å²) in [7, 11) is 0. The maximum Gasteiger partial charge on any atom is 0.419 e. The number of likely N-dealkylation sites (tertiary alicyclic amines) is 1. The lowest BCUT2D eigenvalue weighted by Crippen LogP contribution is -2.48. The summed E-state index contributed by atoms with van der Waals surface area (Å²) in [6.07, 6.45) is -6.22. The maximum absolute atomic E-state index is 13.8. The number of benzene rings is 1. The highest BCUT2D eigenvalue weighted by Gasteiger charge is 2.37. The monoisotopic (exact) mass is 419 g/mol. The number of hydrogen-bond donors (Lipinski definition) is 1. The summed E-state index contributed by atoms with van der Waals surface area (Å²) in [5.74, 6) is -3.07. The van der Waals surface area contributed by atoms with Gasteiger partial charge in [0.25, 0.3) is 0 Å². The van der Waals surface area contributed by atoms with Gasteiger partial charge in [0.1, 0.15) is 18.0 Å². The van der Waals surface area contributed by atoms with E-state index < -0.39 is 48.0 Å². The summed E-state index contributed by atoms with van der Waals surface area (Å²) in [6, 6.07) is 1.71. The summed E-state index contributed by atoms with van der Waals surface area (Å²) in [6.45, 7) is 1.76. The van der Waals surface area contributed by atoms with E-state index in [1.807, 2.05) is 0 Å². The Morgan fingerprint density at radius 3 is 2.52 bits per heavy atom. The van der Waals surface area contributed by atoms with Crippen LogP contribution in [0.15, 0.2) is 18.2 Å². The second-order valence-electron chi connectivity index (χ2n) is 6.82. The first-order valence-corrected chi connectivity index (χ1v) is 9.06. The molecular weight excluding hydrogens is 398 g/mol. The molecule has 1 aromatic carbocycles. The van der Waals surface area contributed by atoms with Gasteiger partial charge in [0.15, 0.2) is 0 Å². The number of rotatable bonds is 6. The molecule has 0 saturated carbocycles. The number of alkyl halides is 3. The molecule has 1 fully saturated rings. The van der Waals surface area contributed by atoms with Crippen molar-refractivity contribution in [2.24, 2.45) is 5.92 Å². The Morgan fingerprint density at radius 2 is 1.97 bits per heavy atom. The Balaban J connectivity index is 2.14. The molecule has 10 heteroatoms. The van der Waals surface area contributed by atoms with Gasteiger partial charge >= 0.3 is 18.2 Å². The quantitative estimate of drug-likeness (QED) is 0.432. The van der Waals surface area contributed by atoms with E-state index in [-0.39, 0.29) is 43.8 Å². The van der Waals surface area contributed by atoms with Crippen LogP contribution in [0, 0.1) is 11.7 Å². The smallest absolute Gasteiger partial charge is 0.419 e. The van der Waals surface area contributed by atoms with E-state index in [9.17, 15) is 37.1 Å². The van der Waals surface area contributed by atoms with Crippen LogP contribution >= 0.6 is 0 Å². The minimum atomic E-state index is -4.83. The van der Waals surface area contributed by atoms with E-state index in [4.69, 9.17) is 4.74 Å². The van der Waals surface area contributed by atoms with Crippen LogP contribution in [0.1, 0.15) is 37.3 Å². The third-order valence-corrected chi connectivity index (χ3v) is 4.85. The third-order valence-electron chi connectivity index (χ3n) is 4.85. The topological polar surface area (TPSA) is 83.9 Å². The second-order valence-corrected chi connectivity index (χ2v) is 6.82. The molecule has 1 aliphatic heterocycles. The Hall–Kier alpha value is -2.65. The van der Waals surface area contributed by atoms with Gasteiger partial charge in [0, 0.05) is 18.5 Å². The van der Waals surface area contributed by atoms with Gasteiger partial charge in [0.2, 0.25) is 0 Å². The van der Waals surface area contributed by atoms with Crippen molar-refractivity contribution >= 4 is 17.8 Å². The molecule has 0 bridgehead atoms. The molecular formula is C19H21F4NO5. The minimum absolute atomic E-state index is 0.0301. The van der Waals surface area contributed by atoms with Crippen molar-refractivity contribution < 1.29 is 41.8 Å². The average Bonchev–Trinajstić information content (AvgIpc) is 2.60. The molecule has 29 heavy (non-hydrogen) atoms. The molecule has 1 heterocycles. The fourth-order valence-corrected chi connectivity index (χ4v) is 3.47. The van der Waals surface area contributed by atoms with Gasteiger partial charge in [0.05, 0.1) is 12.2 Å². The number of Topliss-reactive ketones (excluding diaryl/α,β-unsaturated/α-hetero) is 1. The number of ether oxygens (including phenoxy) is 1. The number of carboxylic acid groups (broad SMARTS) is 1. The molecule has 0 unspecified atom stereocenters. The standard InChI is InChI=1S/C19H21F4NO5/c1-2-29-17(26)10-16(25)12-5-6-24(18(27)28)13(9-12)7-11-3-4-14(15(20)8-11)19(21,22)23/h3-4,8,12-13H,2,5-7,9-10H2,1H3,(H,27,28)/t12-,13+/m1/s1. The van der Waals surface area contributed by atoms with Gasteiger partial charge in [-0.05, 0) is 43.9 Å². The molecule has 1 saturated heterocycles. The molecule has 1 amide bonds. The van der Waals surface area contributed by atoms with E-state index in [1.165, 1.54) is 0 Å². The first kappa shape index (κ1) is 22.6. The van der Waals surface area contributed by atoms with Crippen molar-refractivity contribution in [3.8, 4) is 0 Å². The molecule has 160 valence electrons. The minimum Gasteiger partial charge on any atom is -0.466 e. The lowest BCUT2D eigenvalue weighted by Gasteiger charge is -2.37. The number of amides is 1. The van der Waals surface area contributed by atoms with Crippen molar-refractivity contribution in [3.05, 3.63) is 35.1 Å². The predicted molar refractivity (Wildman–Crippen MR) is 92.6 cm³/mol. The zero-order valence-corrected chi connectivity index (χ0v) is 15.7. The van der Waals surface area contributed by atoms with Gasteiger partial charge in [-0.15, -0.1) is 0 Å². The molecule has 0 spiro atoms. The molecule has 1 aromatic rings. The van der Waals surface area contributed by atoms with Crippen LogP contribution in [-0.4, -0.2) is 47.0 Å². The van der Waals surface area contributed by atoms with Gasteiger partial charge < -0.3 is 14.7 Å². The number of halogens is 4. The van der Waals surface area contributed by atoms with Crippen LogP contribution in [0.3, 0.4) is 0 Å². The Morgan fingerprint density at radius 1 is 1.28 bits per heavy atom. The number of ketones is 1. The summed E-state index contributed by atoms with van der Waals surface area (Å²) < 4.78 is 56.7. The van der Waals surface area contributed by atoms with E-state index in [0.29, 0.717) is 6.07 Å². The highest BCUT2D eigenvalue weighted by Crippen LogP contribution is 2.33. The average molecular weight is 419 g/mol. The van der Waals surface area contributed by atoms with Crippen molar-refractivity contribution in [2.75, 3.05) is 13.2 Å². The van der Waals surface area contributed by atoms with Crippen LogP contribution in [0.25, 0.3) is 0 Å². The normalized spacial score (nSPS) is 19.7. The first-order valence-electron chi connectivity index (χ1n) is 9.06. The zero-order valence-electron chi connectivity index (χ0n) is 15.7. The van der Waals surface area contributed by atoms with Gasteiger partial charge in [-0.3, -0.25) is 9.59 Å². The Kier molecular flexibility index (Phi) is 7.21. The number of hydrogen-bond acceptors (Lipinski definition) is 4. The second kappa shape index (κ2) is 9.23.